The second kappa shape index (κ2) is 9.41. The first-order valence-electron chi connectivity index (χ1n) is 12.9. The summed E-state index contributed by atoms with van der Waals surface area (Å²) in [5, 5.41) is 2.96. The van der Waals surface area contributed by atoms with Gasteiger partial charge >= 0.3 is 6.18 Å². The Morgan fingerprint density at radius 3 is 2.56 bits per heavy atom. The van der Waals surface area contributed by atoms with Gasteiger partial charge in [0.2, 0.25) is 11.8 Å². The molecule has 11 heteroatoms. The number of methoxy groups -OCH3 is 1. The molecule has 0 atom stereocenters. The Balaban J connectivity index is 1.31. The lowest BCUT2D eigenvalue weighted by molar-refractivity contribution is -0.139. The smallest absolute Gasteiger partial charge is 0.423 e. The van der Waals surface area contributed by atoms with Crippen LogP contribution in [0, 0.1) is 0 Å². The van der Waals surface area contributed by atoms with Gasteiger partial charge in [-0.25, -0.2) is 4.98 Å². The minimum Gasteiger partial charge on any atom is -0.495 e. The van der Waals surface area contributed by atoms with Gasteiger partial charge in [-0.05, 0) is 68.1 Å². The first kappa shape index (κ1) is 25.4. The average Bonchev–Trinajstić information content (AvgIpc) is 3.50. The summed E-state index contributed by atoms with van der Waals surface area (Å²) in [7, 11) is 3.23. The number of amides is 1. The number of halogens is 3. The number of nitrogens with zero attached hydrogens (tertiary/aromatic N) is 4. The third-order valence-corrected chi connectivity index (χ3v) is 7.79. The van der Waals surface area contributed by atoms with Crippen LogP contribution < -0.4 is 14.8 Å². The number of fused-ring (bicyclic) bond motifs is 2. The highest BCUT2D eigenvalue weighted by Gasteiger charge is 2.57. The highest BCUT2D eigenvalue weighted by molar-refractivity contribution is 6.03. The van der Waals surface area contributed by atoms with Crippen molar-refractivity contribution in [3.63, 3.8) is 0 Å². The van der Waals surface area contributed by atoms with Gasteiger partial charge in [-0.15, -0.1) is 0 Å². The number of likely N-dealkylation sites (tertiary alicyclic amines) is 1. The molecule has 2 fully saturated rings. The summed E-state index contributed by atoms with van der Waals surface area (Å²) < 4.78 is 53.0. The van der Waals surface area contributed by atoms with Gasteiger partial charge in [-0.3, -0.25) is 9.69 Å². The number of carbonyl (C=O) groups is 1. The minimum atomic E-state index is -4.76. The first-order valence-corrected chi connectivity index (χ1v) is 12.9. The van der Waals surface area contributed by atoms with Gasteiger partial charge < -0.3 is 19.7 Å². The van der Waals surface area contributed by atoms with E-state index in [0.717, 1.165) is 43.6 Å². The molecule has 2 aromatic carbocycles. The summed E-state index contributed by atoms with van der Waals surface area (Å²) in [5.41, 5.74) is 1.08. The van der Waals surface area contributed by atoms with E-state index >= 15 is 0 Å². The summed E-state index contributed by atoms with van der Waals surface area (Å²) in [6.07, 6.45) is -0.106. The van der Waals surface area contributed by atoms with Crippen molar-refractivity contribution in [3.05, 3.63) is 64.8 Å². The minimum absolute atomic E-state index is 0.0344. The molecule has 1 saturated carbocycles. The lowest BCUT2D eigenvalue weighted by atomic mass is 10.0. The SMILES string of the molecule is COc1cc(CN2CCCC2)ccc1Nc1ncc(C(F)(F)F)c(Oc2cccc3c2C(=O)N(C)C32CC2)n1. The van der Waals surface area contributed by atoms with Crippen molar-refractivity contribution in [1.29, 1.82) is 0 Å². The maximum Gasteiger partial charge on any atom is 0.423 e. The lowest BCUT2D eigenvalue weighted by Crippen LogP contribution is -2.28. The number of hydrogen-bond acceptors (Lipinski definition) is 7. The Hall–Kier alpha value is -3.86. The molecule has 204 valence electrons. The molecule has 1 amide bonds. The molecule has 3 aromatic rings. The van der Waals surface area contributed by atoms with Gasteiger partial charge in [0, 0.05) is 19.8 Å². The van der Waals surface area contributed by atoms with Gasteiger partial charge in [0.1, 0.15) is 17.1 Å². The number of aromatic nitrogens is 2. The Labute approximate surface area is 223 Å². The summed E-state index contributed by atoms with van der Waals surface area (Å²) in [5.74, 6) is -0.518. The normalized spacial score (nSPS) is 18.0. The fourth-order valence-corrected chi connectivity index (χ4v) is 5.55. The molecule has 8 nitrogen and oxygen atoms in total. The van der Waals surface area contributed by atoms with Crippen LogP contribution in [0.3, 0.4) is 0 Å². The number of ether oxygens (including phenoxy) is 2. The van der Waals surface area contributed by atoms with Crippen molar-refractivity contribution in [1.82, 2.24) is 19.8 Å². The molecule has 0 bridgehead atoms. The number of benzene rings is 2. The standard InChI is InChI=1S/C28H28F3N5O3/c1-35-25(37)23-18(27(35)10-11-27)6-5-7-21(23)39-24-19(28(29,30)31)15-32-26(34-24)33-20-9-8-17(14-22(20)38-2)16-36-12-3-4-13-36/h5-9,14-15H,3-4,10-13,16H2,1-2H3,(H,32,33,34). The van der Waals surface area contributed by atoms with Crippen molar-refractivity contribution in [2.24, 2.45) is 0 Å². The fraction of sp³-hybridized carbons (Fsp3) is 0.393. The maximum atomic E-state index is 13.9. The van der Waals surface area contributed by atoms with Gasteiger partial charge in [-0.1, -0.05) is 18.2 Å². The summed E-state index contributed by atoms with van der Waals surface area (Å²) >= 11 is 0. The number of alkyl halides is 3. The molecular formula is C28H28F3N5O3. The van der Waals surface area contributed by atoms with Crippen molar-refractivity contribution in [2.75, 3.05) is 32.6 Å². The maximum absolute atomic E-state index is 13.9. The first-order chi connectivity index (χ1) is 18.7. The van der Waals surface area contributed by atoms with Crippen LogP contribution in [0.5, 0.6) is 17.4 Å². The Morgan fingerprint density at radius 2 is 1.87 bits per heavy atom. The molecule has 1 saturated heterocycles. The molecule has 6 rings (SSSR count). The van der Waals surface area contributed by atoms with E-state index in [-0.39, 0.29) is 23.2 Å². The van der Waals surface area contributed by atoms with Crippen LogP contribution in [0.2, 0.25) is 0 Å². The van der Waals surface area contributed by atoms with E-state index < -0.39 is 23.2 Å². The van der Waals surface area contributed by atoms with E-state index in [4.69, 9.17) is 9.47 Å². The molecule has 39 heavy (non-hydrogen) atoms. The van der Waals surface area contributed by atoms with Crippen LogP contribution in [0.1, 0.15) is 52.7 Å². The molecule has 0 radical (unpaired) electrons. The van der Waals surface area contributed by atoms with Crippen LogP contribution in [0.4, 0.5) is 24.8 Å². The van der Waals surface area contributed by atoms with E-state index in [9.17, 15) is 18.0 Å². The number of carbonyl (C=O) groups excluding carboxylic acids is 1. The van der Waals surface area contributed by atoms with Crippen molar-refractivity contribution in [3.8, 4) is 17.4 Å². The highest BCUT2D eigenvalue weighted by Crippen LogP contribution is 2.57. The molecule has 3 heterocycles. The van der Waals surface area contributed by atoms with Crippen molar-refractivity contribution in [2.45, 2.75) is 43.9 Å². The average molecular weight is 540 g/mol. The lowest BCUT2D eigenvalue weighted by Gasteiger charge is -2.18. The molecule has 1 N–H and O–H groups in total. The van der Waals surface area contributed by atoms with Crippen LogP contribution in [0.25, 0.3) is 0 Å². The van der Waals surface area contributed by atoms with Crippen molar-refractivity contribution >= 4 is 17.5 Å². The number of hydrogen-bond donors (Lipinski definition) is 1. The number of anilines is 2. The zero-order valence-electron chi connectivity index (χ0n) is 21.6. The van der Waals surface area contributed by atoms with Crippen LogP contribution in [-0.4, -0.2) is 52.9 Å². The summed E-state index contributed by atoms with van der Waals surface area (Å²) in [6, 6.07) is 10.6. The zero-order valence-corrected chi connectivity index (χ0v) is 21.6. The van der Waals surface area contributed by atoms with Gasteiger partial charge in [-0.2, -0.15) is 18.2 Å². The fourth-order valence-electron chi connectivity index (χ4n) is 5.55. The molecule has 1 spiro atoms. The molecular weight excluding hydrogens is 511 g/mol. The Morgan fingerprint density at radius 1 is 1.10 bits per heavy atom. The second-order valence-electron chi connectivity index (χ2n) is 10.2. The molecule has 3 aliphatic rings. The summed E-state index contributed by atoms with van der Waals surface area (Å²) in [6.45, 7) is 2.90. The van der Waals surface area contributed by atoms with Crippen LogP contribution in [-0.2, 0) is 18.3 Å². The van der Waals surface area contributed by atoms with Crippen LogP contribution >= 0.6 is 0 Å². The zero-order chi connectivity index (χ0) is 27.4. The van der Waals surface area contributed by atoms with E-state index in [0.29, 0.717) is 17.6 Å². The summed E-state index contributed by atoms with van der Waals surface area (Å²) in [4.78, 5) is 25.0. The second-order valence-corrected chi connectivity index (χ2v) is 10.2. The van der Waals surface area contributed by atoms with Gasteiger partial charge in [0.15, 0.2) is 0 Å². The highest BCUT2D eigenvalue weighted by atomic mass is 19.4. The Kier molecular flexibility index (Phi) is 6.13. The van der Waals surface area contributed by atoms with Gasteiger partial charge in [0.05, 0.1) is 23.9 Å². The monoisotopic (exact) mass is 539 g/mol. The van der Waals surface area contributed by atoms with E-state index in [1.54, 1.807) is 24.1 Å². The quantitative estimate of drug-likeness (QED) is 0.412. The molecule has 1 aliphatic carbocycles. The third kappa shape index (κ3) is 4.54. The third-order valence-electron chi connectivity index (χ3n) is 7.79. The van der Waals surface area contributed by atoms with E-state index in [2.05, 4.69) is 20.2 Å². The predicted molar refractivity (Wildman–Crippen MR) is 137 cm³/mol. The van der Waals surface area contributed by atoms with Crippen molar-refractivity contribution < 1.29 is 27.4 Å². The molecule has 2 aliphatic heterocycles. The predicted octanol–water partition coefficient (Wildman–Crippen LogP) is 5.71. The topological polar surface area (TPSA) is 79.8 Å². The van der Waals surface area contributed by atoms with Gasteiger partial charge in [0.25, 0.3) is 5.91 Å². The largest absolute Gasteiger partial charge is 0.495 e. The van der Waals surface area contributed by atoms with E-state index in [1.165, 1.54) is 26.0 Å². The number of nitrogens with one attached hydrogen (secondary N) is 1. The number of rotatable bonds is 7. The Bertz CT molecular complexity index is 1430. The molecule has 0 unspecified atom stereocenters. The molecule has 1 aromatic heterocycles. The van der Waals surface area contributed by atoms with Crippen LogP contribution in [0.15, 0.2) is 42.6 Å². The van der Waals surface area contributed by atoms with E-state index in [1.807, 2.05) is 18.2 Å².